The molecule has 10 heteroatoms. The Bertz CT molecular complexity index is 1120. The molecule has 0 aliphatic carbocycles. The van der Waals surface area contributed by atoms with E-state index in [2.05, 4.69) is 26.0 Å². The molecule has 0 amide bonds. The van der Waals surface area contributed by atoms with Gasteiger partial charge in [-0.1, -0.05) is 198 Å². The highest BCUT2D eigenvalue weighted by Gasteiger charge is 2.26. The number of carbonyl (C=O) groups excluding carboxylic acids is 2. The molecule has 0 aromatic heterocycles. The first-order valence-corrected chi connectivity index (χ1v) is 26.3. The molecule has 1 N–H and O–H groups in total. The average Bonchev–Trinajstić information content (AvgIpc) is 3.20. The maximum Gasteiger partial charge on any atom is 0.472 e. The third-order valence-electron chi connectivity index (χ3n) is 10.7. The van der Waals surface area contributed by atoms with Gasteiger partial charge in [-0.2, -0.15) is 0 Å². The molecule has 0 saturated heterocycles. The first-order valence-electron chi connectivity index (χ1n) is 24.8. The minimum absolute atomic E-state index is 0.0165. The van der Waals surface area contributed by atoms with Crippen LogP contribution >= 0.6 is 7.82 Å². The van der Waals surface area contributed by atoms with Gasteiger partial charge in [-0.3, -0.25) is 13.8 Å². The Hall–Kier alpha value is -1.77. The summed E-state index contributed by atoms with van der Waals surface area (Å²) in [7, 11) is 1.43. The molecular formula is C50H95NO8P+. The number of rotatable bonds is 45. The van der Waals surface area contributed by atoms with Gasteiger partial charge in [0.1, 0.15) is 19.8 Å². The summed E-state index contributed by atoms with van der Waals surface area (Å²) in [4.78, 5) is 35.3. The van der Waals surface area contributed by atoms with Crippen LogP contribution in [0.3, 0.4) is 0 Å². The Labute approximate surface area is 370 Å². The topological polar surface area (TPSA) is 108 Å². The van der Waals surface area contributed by atoms with E-state index >= 15 is 0 Å². The molecule has 0 spiro atoms. The second kappa shape index (κ2) is 42.5. The molecule has 0 radical (unpaired) electrons. The van der Waals surface area contributed by atoms with Crippen molar-refractivity contribution in [3.8, 4) is 0 Å². The van der Waals surface area contributed by atoms with E-state index in [4.69, 9.17) is 18.5 Å². The second-order valence-corrected chi connectivity index (χ2v) is 19.4. The zero-order valence-electron chi connectivity index (χ0n) is 39.7. The van der Waals surface area contributed by atoms with Gasteiger partial charge in [0.05, 0.1) is 27.7 Å². The number of nitrogens with zero attached hydrogens (tertiary/aromatic N) is 1. The third-order valence-corrected chi connectivity index (χ3v) is 11.7. The third kappa shape index (κ3) is 45.7. The van der Waals surface area contributed by atoms with Crippen molar-refractivity contribution in [1.29, 1.82) is 0 Å². The number of hydrogen-bond donors (Lipinski definition) is 1. The minimum Gasteiger partial charge on any atom is -0.462 e. The predicted octanol–water partition coefficient (Wildman–Crippen LogP) is 14.5. The number of phosphoric acid groups is 1. The smallest absolute Gasteiger partial charge is 0.462 e. The van der Waals surface area contributed by atoms with Gasteiger partial charge in [0.15, 0.2) is 6.10 Å². The lowest BCUT2D eigenvalue weighted by Gasteiger charge is -2.24. The van der Waals surface area contributed by atoms with Crippen molar-refractivity contribution in [1.82, 2.24) is 0 Å². The summed E-state index contributed by atoms with van der Waals surface area (Å²) in [5.74, 6) is -1.05. The van der Waals surface area contributed by atoms with Crippen LogP contribution in [-0.2, 0) is 32.7 Å². The van der Waals surface area contributed by atoms with Gasteiger partial charge in [0, 0.05) is 12.5 Å². The fourth-order valence-corrected chi connectivity index (χ4v) is 7.60. The number of hydrogen-bond acceptors (Lipinski definition) is 7. The monoisotopic (exact) mass is 869 g/mol. The van der Waals surface area contributed by atoms with E-state index in [0.29, 0.717) is 11.0 Å². The Kier molecular flexibility index (Phi) is 41.3. The number of esters is 2. The molecule has 0 aliphatic rings. The number of allylic oxidation sites excluding steroid dienone is 5. The largest absolute Gasteiger partial charge is 0.472 e. The molecule has 2 atom stereocenters. The number of carbonyl (C=O) groups is 2. The van der Waals surface area contributed by atoms with E-state index in [9.17, 15) is 19.0 Å². The summed E-state index contributed by atoms with van der Waals surface area (Å²) in [5.41, 5.74) is 0. The van der Waals surface area contributed by atoms with Crippen LogP contribution in [0.4, 0.5) is 0 Å². The first-order chi connectivity index (χ1) is 29.0. The Morgan fingerprint density at radius 1 is 0.550 bits per heavy atom. The molecule has 9 nitrogen and oxygen atoms in total. The van der Waals surface area contributed by atoms with Crippen molar-refractivity contribution in [3.05, 3.63) is 36.5 Å². The lowest BCUT2D eigenvalue weighted by molar-refractivity contribution is -0.870. The van der Waals surface area contributed by atoms with E-state index < -0.39 is 32.5 Å². The summed E-state index contributed by atoms with van der Waals surface area (Å²) in [6.45, 7) is 4.32. The molecule has 0 aromatic carbocycles. The second-order valence-electron chi connectivity index (χ2n) is 17.9. The first kappa shape index (κ1) is 58.2. The van der Waals surface area contributed by atoms with Crippen molar-refractivity contribution >= 4 is 19.8 Å². The molecule has 0 saturated carbocycles. The van der Waals surface area contributed by atoms with Crippen LogP contribution in [0, 0.1) is 0 Å². The summed E-state index contributed by atoms with van der Waals surface area (Å²) in [6.07, 6.45) is 49.8. The fraction of sp³-hybridized carbons (Fsp3) is 0.840. The quantitative estimate of drug-likeness (QED) is 0.0123. The highest BCUT2D eigenvalue weighted by molar-refractivity contribution is 7.47. The van der Waals surface area contributed by atoms with Gasteiger partial charge in [-0.15, -0.1) is 0 Å². The molecule has 352 valence electrons. The van der Waals surface area contributed by atoms with Gasteiger partial charge < -0.3 is 18.9 Å². The van der Waals surface area contributed by atoms with Gasteiger partial charge in [0.2, 0.25) is 0 Å². The summed E-state index contributed by atoms with van der Waals surface area (Å²) in [6, 6.07) is 0. The van der Waals surface area contributed by atoms with E-state index in [1.165, 1.54) is 173 Å². The molecular weight excluding hydrogens is 774 g/mol. The standard InChI is InChI=1S/C50H94NO8P/c1-6-8-10-12-14-16-18-20-22-23-24-25-26-27-29-30-32-34-36-38-40-42-49(52)56-46-48(47-58-60(54,55)57-45-44-51(3,4)5)59-50(53)43-41-39-37-35-33-31-28-21-19-17-15-13-11-9-7-2/h20,22,37,39,41,43,48H,6-19,21,23-36,38,40,42,44-47H2,1-5H3/p+1/b22-20+,39-37+,43-41+/t48-/m0/s1. The Balaban J connectivity index is 4.31. The van der Waals surface area contributed by atoms with E-state index in [0.717, 1.165) is 32.1 Å². The summed E-state index contributed by atoms with van der Waals surface area (Å²) in [5, 5.41) is 0. The lowest BCUT2D eigenvalue weighted by Crippen LogP contribution is -2.37. The average molecular weight is 869 g/mol. The molecule has 1 unspecified atom stereocenters. The SMILES string of the molecule is CCCCCCCC/C=C/CCCCCCCCCCCCCC(=O)OC[C@@H](COP(=O)(O)OCC[N+](C)(C)C)OC(=O)/C=C/C=C/CCCCCCCCCCCCC. The van der Waals surface area contributed by atoms with Gasteiger partial charge in [-0.25, -0.2) is 9.36 Å². The lowest BCUT2D eigenvalue weighted by atomic mass is 10.0. The van der Waals surface area contributed by atoms with Crippen LogP contribution in [-0.4, -0.2) is 74.9 Å². The molecule has 0 heterocycles. The molecule has 0 rings (SSSR count). The molecule has 0 bridgehead atoms. The normalized spacial score (nSPS) is 13.8. The maximum absolute atomic E-state index is 12.6. The highest BCUT2D eigenvalue weighted by Crippen LogP contribution is 2.43. The van der Waals surface area contributed by atoms with Crippen LogP contribution in [0.15, 0.2) is 36.5 Å². The molecule has 0 fully saturated rings. The molecule has 0 aliphatic heterocycles. The predicted molar refractivity (Wildman–Crippen MR) is 252 cm³/mol. The van der Waals surface area contributed by atoms with Crippen LogP contribution in [0.25, 0.3) is 0 Å². The highest BCUT2D eigenvalue weighted by atomic mass is 31.2. The minimum atomic E-state index is -4.40. The molecule has 60 heavy (non-hydrogen) atoms. The Morgan fingerprint density at radius 3 is 1.42 bits per heavy atom. The fourth-order valence-electron chi connectivity index (χ4n) is 6.86. The van der Waals surface area contributed by atoms with Crippen molar-refractivity contribution in [3.63, 3.8) is 0 Å². The number of quaternary nitrogens is 1. The van der Waals surface area contributed by atoms with Crippen LogP contribution in [0.5, 0.6) is 0 Å². The van der Waals surface area contributed by atoms with E-state index in [1.807, 2.05) is 33.3 Å². The van der Waals surface area contributed by atoms with Crippen LogP contribution in [0.1, 0.15) is 219 Å². The van der Waals surface area contributed by atoms with Gasteiger partial charge >= 0.3 is 19.8 Å². The van der Waals surface area contributed by atoms with Crippen LogP contribution < -0.4 is 0 Å². The van der Waals surface area contributed by atoms with Crippen molar-refractivity contribution in [2.75, 3.05) is 47.5 Å². The maximum atomic E-state index is 12.6. The zero-order valence-corrected chi connectivity index (χ0v) is 40.6. The van der Waals surface area contributed by atoms with Crippen LogP contribution in [0.2, 0.25) is 0 Å². The Morgan fingerprint density at radius 2 is 0.967 bits per heavy atom. The number of likely N-dealkylation sites (N-methyl/N-ethyl adjacent to an activating group) is 1. The summed E-state index contributed by atoms with van der Waals surface area (Å²) < 4.78 is 34.2. The summed E-state index contributed by atoms with van der Waals surface area (Å²) >= 11 is 0. The number of unbranched alkanes of at least 4 members (excludes halogenated alkanes) is 28. The van der Waals surface area contributed by atoms with Gasteiger partial charge in [-0.05, 0) is 44.9 Å². The van der Waals surface area contributed by atoms with Crippen molar-refractivity contribution in [2.24, 2.45) is 0 Å². The zero-order chi connectivity index (χ0) is 44.3. The van der Waals surface area contributed by atoms with Crippen molar-refractivity contribution in [2.45, 2.75) is 225 Å². The molecule has 0 aromatic rings. The van der Waals surface area contributed by atoms with Crippen molar-refractivity contribution < 1.29 is 42.1 Å². The number of phosphoric ester groups is 1. The van der Waals surface area contributed by atoms with E-state index in [1.54, 1.807) is 6.08 Å². The van der Waals surface area contributed by atoms with E-state index in [-0.39, 0.29) is 19.6 Å². The number of ether oxygens (including phenoxy) is 2. The van der Waals surface area contributed by atoms with Gasteiger partial charge in [0.25, 0.3) is 0 Å².